The molecule has 0 spiro atoms. The summed E-state index contributed by atoms with van der Waals surface area (Å²) in [5.74, 6) is -0.948. The molecule has 0 unspecified atom stereocenters. The molecule has 0 aliphatic heterocycles. The number of Topliss-reactive ketones (excluding diaryl/α,β-unsaturated/α-hetero) is 1. The Balaban J connectivity index is 4.27. The Bertz CT molecular complexity index is 257. The molecule has 1 atom stereocenters. The van der Waals surface area contributed by atoms with Crippen molar-refractivity contribution < 1.29 is 23.9 Å². The number of ketones is 1. The average Bonchev–Trinajstić information content (AvgIpc) is 2.16. The highest BCUT2D eigenvalue weighted by molar-refractivity contribution is 6.19. The molecule has 0 aliphatic rings. The number of alkyl halides is 1. The van der Waals surface area contributed by atoms with Crippen molar-refractivity contribution in [2.45, 2.75) is 39.2 Å². The number of ether oxygens (including phenoxy) is 2. The predicted molar refractivity (Wildman–Crippen MR) is 61.8 cm³/mol. The molecule has 0 rings (SSSR count). The second-order valence-corrected chi connectivity index (χ2v) is 3.80. The third-order valence-corrected chi connectivity index (χ3v) is 2.05. The highest BCUT2D eigenvalue weighted by Crippen LogP contribution is 2.09. The molecule has 0 amide bonds. The van der Waals surface area contributed by atoms with Crippen LogP contribution in [0.3, 0.4) is 0 Å². The molecule has 0 N–H and O–H groups in total. The third-order valence-electron chi connectivity index (χ3n) is 1.86. The molecule has 0 aliphatic carbocycles. The summed E-state index contributed by atoms with van der Waals surface area (Å²) in [6.07, 6.45) is -0.684. The van der Waals surface area contributed by atoms with Crippen LogP contribution in [0.4, 0.5) is 0 Å². The summed E-state index contributed by atoms with van der Waals surface area (Å²) in [7, 11) is 0. The number of esters is 2. The van der Waals surface area contributed by atoms with Crippen molar-refractivity contribution in [2.24, 2.45) is 0 Å². The number of hydrogen-bond donors (Lipinski definition) is 0. The fraction of sp³-hybridized carbons (Fsp3) is 0.727. The van der Waals surface area contributed by atoms with Crippen molar-refractivity contribution in [3.05, 3.63) is 0 Å². The minimum absolute atomic E-state index is 0.00882. The smallest absolute Gasteiger partial charge is 0.309 e. The summed E-state index contributed by atoms with van der Waals surface area (Å²) in [4.78, 5) is 33.4. The van der Waals surface area contributed by atoms with E-state index in [-0.39, 0.29) is 37.5 Å². The third kappa shape index (κ3) is 8.68. The molecule has 98 valence electrons. The zero-order valence-electron chi connectivity index (χ0n) is 10.0. The van der Waals surface area contributed by atoms with Crippen molar-refractivity contribution in [2.75, 3.05) is 12.5 Å². The van der Waals surface area contributed by atoms with Gasteiger partial charge in [0.1, 0.15) is 11.9 Å². The molecule has 0 aromatic rings. The molecular formula is C11H17ClO5. The lowest BCUT2D eigenvalue weighted by molar-refractivity contribution is -0.154. The summed E-state index contributed by atoms with van der Waals surface area (Å²) in [6.45, 7) is 3.16. The molecule has 6 heteroatoms. The normalized spacial score (nSPS) is 11.7. The van der Waals surface area contributed by atoms with E-state index in [0.717, 1.165) is 0 Å². The van der Waals surface area contributed by atoms with E-state index in [0.29, 0.717) is 0 Å². The zero-order valence-corrected chi connectivity index (χ0v) is 10.8. The van der Waals surface area contributed by atoms with Crippen molar-refractivity contribution >= 4 is 29.3 Å². The van der Waals surface area contributed by atoms with Gasteiger partial charge in [-0.15, -0.1) is 11.6 Å². The van der Waals surface area contributed by atoms with Crippen LogP contribution in [0, 0.1) is 0 Å². The van der Waals surface area contributed by atoms with Crippen LogP contribution in [0.1, 0.15) is 33.1 Å². The minimum Gasteiger partial charge on any atom is -0.466 e. The molecule has 0 bridgehead atoms. The topological polar surface area (TPSA) is 69.7 Å². The highest BCUT2D eigenvalue weighted by atomic mass is 35.5. The highest BCUT2D eigenvalue weighted by Gasteiger charge is 2.20. The van der Waals surface area contributed by atoms with Crippen LogP contribution in [0.25, 0.3) is 0 Å². The maximum absolute atomic E-state index is 11.3. The lowest BCUT2D eigenvalue weighted by atomic mass is 10.1. The minimum atomic E-state index is -0.762. The van der Waals surface area contributed by atoms with Crippen molar-refractivity contribution in [1.29, 1.82) is 0 Å². The fourth-order valence-corrected chi connectivity index (χ4v) is 1.47. The molecule has 0 aromatic carbocycles. The molecule has 5 nitrogen and oxygen atoms in total. The summed E-state index contributed by atoms with van der Waals surface area (Å²) in [5.41, 5.74) is 0. The predicted octanol–water partition coefficient (Wildman–Crippen LogP) is 1.46. The Morgan fingerprint density at radius 1 is 1.24 bits per heavy atom. The van der Waals surface area contributed by atoms with Gasteiger partial charge in [-0.3, -0.25) is 14.4 Å². The lowest BCUT2D eigenvalue weighted by Gasteiger charge is -2.15. The van der Waals surface area contributed by atoms with Gasteiger partial charge in [0.15, 0.2) is 0 Å². The van der Waals surface area contributed by atoms with Crippen molar-refractivity contribution in [3.63, 3.8) is 0 Å². The standard InChI is InChI=1S/C11H17ClO5/c1-3-16-11(15)7-10(17-8(2)13)6-9(14)4-5-12/h10H,3-7H2,1-2H3/t10-/m0/s1. The van der Waals surface area contributed by atoms with Gasteiger partial charge in [-0.05, 0) is 6.92 Å². The quantitative estimate of drug-likeness (QED) is 0.490. The van der Waals surface area contributed by atoms with E-state index in [1.807, 2.05) is 0 Å². The number of rotatable bonds is 8. The second kappa shape index (κ2) is 8.98. The summed E-state index contributed by atoms with van der Waals surface area (Å²) in [6, 6.07) is 0. The molecule has 0 heterocycles. The van der Waals surface area contributed by atoms with Gasteiger partial charge in [0, 0.05) is 25.6 Å². The second-order valence-electron chi connectivity index (χ2n) is 3.42. The SMILES string of the molecule is CCOC(=O)C[C@H](CC(=O)CCCl)OC(C)=O. The van der Waals surface area contributed by atoms with Crippen molar-refractivity contribution in [1.82, 2.24) is 0 Å². The van der Waals surface area contributed by atoms with Crippen LogP contribution >= 0.6 is 11.6 Å². The van der Waals surface area contributed by atoms with Crippen LogP contribution < -0.4 is 0 Å². The zero-order chi connectivity index (χ0) is 13.3. The summed E-state index contributed by atoms with van der Waals surface area (Å²) in [5, 5.41) is 0. The first-order chi connectivity index (χ1) is 7.99. The number of carbonyl (C=O) groups is 3. The first kappa shape index (κ1) is 15.9. The van der Waals surface area contributed by atoms with E-state index in [4.69, 9.17) is 21.1 Å². The Labute approximate surface area is 105 Å². The van der Waals surface area contributed by atoms with Crippen LogP contribution in [-0.2, 0) is 23.9 Å². The van der Waals surface area contributed by atoms with E-state index in [9.17, 15) is 14.4 Å². The first-order valence-corrected chi connectivity index (χ1v) is 5.93. The summed E-state index contributed by atoms with van der Waals surface area (Å²) >= 11 is 5.42. The summed E-state index contributed by atoms with van der Waals surface area (Å²) < 4.78 is 9.61. The van der Waals surface area contributed by atoms with E-state index in [1.54, 1.807) is 6.92 Å². The van der Waals surface area contributed by atoms with Gasteiger partial charge in [0.25, 0.3) is 0 Å². The van der Waals surface area contributed by atoms with Gasteiger partial charge < -0.3 is 9.47 Å². The van der Waals surface area contributed by atoms with E-state index >= 15 is 0 Å². The molecule has 0 aromatic heterocycles. The Morgan fingerprint density at radius 3 is 2.35 bits per heavy atom. The van der Waals surface area contributed by atoms with Gasteiger partial charge >= 0.3 is 11.9 Å². The van der Waals surface area contributed by atoms with Crippen LogP contribution in [0.5, 0.6) is 0 Å². The molecular weight excluding hydrogens is 248 g/mol. The van der Waals surface area contributed by atoms with E-state index < -0.39 is 18.0 Å². The van der Waals surface area contributed by atoms with Crippen LogP contribution in [-0.4, -0.2) is 36.3 Å². The van der Waals surface area contributed by atoms with E-state index in [1.165, 1.54) is 6.92 Å². The monoisotopic (exact) mass is 264 g/mol. The molecule has 0 radical (unpaired) electrons. The van der Waals surface area contributed by atoms with Gasteiger partial charge in [-0.1, -0.05) is 0 Å². The fourth-order valence-electron chi connectivity index (χ4n) is 1.26. The number of halogens is 1. The van der Waals surface area contributed by atoms with Crippen LogP contribution in [0.15, 0.2) is 0 Å². The number of carbonyl (C=O) groups excluding carboxylic acids is 3. The van der Waals surface area contributed by atoms with Crippen LogP contribution in [0.2, 0.25) is 0 Å². The van der Waals surface area contributed by atoms with E-state index in [2.05, 4.69) is 0 Å². The molecule has 0 fully saturated rings. The lowest BCUT2D eigenvalue weighted by Crippen LogP contribution is -2.24. The Hall–Kier alpha value is -1.10. The first-order valence-electron chi connectivity index (χ1n) is 5.40. The maximum atomic E-state index is 11.3. The average molecular weight is 265 g/mol. The molecule has 0 saturated carbocycles. The molecule has 17 heavy (non-hydrogen) atoms. The van der Waals surface area contributed by atoms with Gasteiger partial charge in [-0.25, -0.2) is 0 Å². The van der Waals surface area contributed by atoms with Crippen molar-refractivity contribution in [3.8, 4) is 0 Å². The largest absolute Gasteiger partial charge is 0.466 e. The van der Waals surface area contributed by atoms with Gasteiger partial charge in [0.2, 0.25) is 0 Å². The van der Waals surface area contributed by atoms with Gasteiger partial charge in [-0.2, -0.15) is 0 Å². The number of hydrogen-bond acceptors (Lipinski definition) is 5. The Morgan fingerprint density at radius 2 is 1.88 bits per heavy atom. The Kier molecular flexibility index (Phi) is 8.40. The van der Waals surface area contributed by atoms with Gasteiger partial charge in [0.05, 0.1) is 13.0 Å². The maximum Gasteiger partial charge on any atom is 0.309 e. The molecule has 0 saturated heterocycles.